The van der Waals surface area contributed by atoms with Crippen molar-refractivity contribution < 1.29 is 32.2 Å². The Labute approximate surface area is 103 Å². The van der Waals surface area contributed by atoms with Crippen LogP contribution in [0.4, 0.5) is 22.0 Å². The molecule has 0 aromatic heterocycles. The molecule has 0 saturated carbocycles. The topological polar surface area (TPSA) is 40.5 Å². The maximum atomic E-state index is 13.5. The number of hydrogen-bond donors (Lipinski definition) is 2. The largest absolute Gasteiger partial charge is 0.508 e. The van der Waals surface area contributed by atoms with Gasteiger partial charge in [-0.2, -0.15) is 0 Å². The van der Waals surface area contributed by atoms with Crippen LogP contribution in [0.25, 0.3) is 11.1 Å². The third-order valence-corrected chi connectivity index (χ3v) is 2.46. The summed E-state index contributed by atoms with van der Waals surface area (Å²) in [6.07, 6.45) is 0. The number of rotatable bonds is 1. The zero-order chi connectivity index (χ0) is 14.3. The van der Waals surface area contributed by atoms with Crippen LogP contribution in [0, 0.1) is 29.1 Å². The van der Waals surface area contributed by atoms with Crippen LogP contribution in [0.1, 0.15) is 0 Å². The molecule has 0 aliphatic carbocycles. The summed E-state index contributed by atoms with van der Waals surface area (Å²) < 4.78 is 65.9. The predicted octanol–water partition coefficient (Wildman–Crippen LogP) is 3.46. The lowest BCUT2D eigenvalue weighted by atomic mass is 10.0. The number of benzene rings is 2. The molecule has 0 radical (unpaired) electrons. The molecule has 0 fully saturated rings. The van der Waals surface area contributed by atoms with Gasteiger partial charge in [-0.25, -0.2) is 22.0 Å². The SMILES string of the molecule is Oc1ccc(O)c(-c2c(F)c(F)c(F)c(F)c2F)c1. The normalized spacial score (nSPS) is 10.8. The minimum atomic E-state index is -2.29. The summed E-state index contributed by atoms with van der Waals surface area (Å²) in [7, 11) is 0. The van der Waals surface area contributed by atoms with E-state index in [1.807, 2.05) is 0 Å². The summed E-state index contributed by atoms with van der Waals surface area (Å²) >= 11 is 0. The molecular formula is C12H5F5O2. The van der Waals surface area contributed by atoms with Gasteiger partial charge in [0.05, 0.1) is 5.56 Å². The molecule has 0 atom stereocenters. The monoisotopic (exact) mass is 276 g/mol. The van der Waals surface area contributed by atoms with E-state index >= 15 is 0 Å². The zero-order valence-electron chi connectivity index (χ0n) is 9.02. The summed E-state index contributed by atoms with van der Waals surface area (Å²) in [5.41, 5.74) is -2.00. The van der Waals surface area contributed by atoms with Crippen molar-refractivity contribution in [3.63, 3.8) is 0 Å². The third-order valence-electron chi connectivity index (χ3n) is 2.46. The van der Waals surface area contributed by atoms with Crippen LogP contribution in [0.5, 0.6) is 11.5 Å². The Morgan fingerprint density at radius 3 is 1.68 bits per heavy atom. The van der Waals surface area contributed by atoms with E-state index in [1.54, 1.807) is 0 Å². The van der Waals surface area contributed by atoms with Crippen molar-refractivity contribution in [1.29, 1.82) is 0 Å². The van der Waals surface area contributed by atoms with Crippen LogP contribution in [0.15, 0.2) is 18.2 Å². The summed E-state index contributed by atoms with van der Waals surface area (Å²) in [5.74, 6) is -12.0. The lowest BCUT2D eigenvalue weighted by Gasteiger charge is -2.10. The Bertz CT molecular complexity index is 641. The average molecular weight is 276 g/mol. The Balaban J connectivity index is 2.87. The second-order valence-electron chi connectivity index (χ2n) is 3.65. The predicted molar refractivity (Wildman–Crippen MR) is 55.0 cm³/mol. The first-order chi connectivity index (χ1) is 8.84. The van der Waals surface area contributed by atoms with Crippen molar-refractivity contribution in [3.8, 4) is 22.6 Å². The van der Waals surface area contributed by atoms with Gasteiger partial charge >= 0.3 is 0 Å². The fraction of sp³-hybridized carbons (Fsp3) is 0. The van der Waals surface area contributed by atoms with Crippen LogP contribution in [-0.4, -0.2) is 10.2 Å². The zero-order valence-corrected chi connectivity index (χ0v) is 9.02. The molecular weight excluding hydrogens is 271 g/mol. The number of aromatic hydroxyl groups is 2. The molecule has 0 amide bonds. The van der Waals surface area contributed by atoms with Gasteiger partial charge in [-0.3, -0.25) is 0 Å². The first kappa shape index (κ1) is 13.1. The minimum absolute atomic E-state index is 0.503. The van der Waals surface area contributed by atoms with E-state index in [4.69, 9.17) is 5.11 Å². The smallest absolute Gasteiger partial charge is 0.200 e. The quantitative estimate of drug-likeness (QED) is 0.362. The molecule has 2 aromatic carbocycles. The van der Waals surface area contributed by atoms with Gasteiger partial charge in [0.25, 0.3) is 0 Å². The molecule has 0 bridgehead atoms. The molecule has 0 unspecified atom stereocenters. The highest BCUT2D eigenvalue weighted by molar-refractivity contribution is 5.72. The van der Waals surface area contributed by atoms with Gasteiger partial charge in [0.2, 0.25) is 5.82 Å². The number of phenolic OH excluding ortho intramolecular Hbond substituents is 2. The molecule has 0 aliphatic rings. The molecule has 0 saturated heterocycles. The molecule has 0 spiro atoms. The lowest BCUT2D eigenvalue weighted by Crippen LogP contribution is -2.04. The summed E-state index contributed by atoms with van der Waals surface area (Å²) in [6, 6.07) is 2.54. The van der Waals surface area contributed by atoms with Crippen LogP contribution >= 0.6 is 0 Å². The summed E-state index contributed by atoms with van der Waals surface area (Å²) in [6.45, 7) is 0. The minimum Gasteiger partial charge on any atom is -0.508 e. The number of hydrogen-bond acceptors (Lipinski definition) is 2. The Hall–Kier alpha value is -2.31. The molecule has 100 valence electrons. The number of halogens is 5. The third kappa shape index (κ3) is 1.96. The van der Waals surface area contributed by atoms with Crippen LogP contribution < -0.4 is 0 Å². The van der Waals surface area contributed by atoms with Crippen molar-refractivity contribution in [3.05, 3.63) is 47.3 Å². The van der Waals surface area contributed by atoms with Gasteiger partial charge in [-0.05, 0) is 18.2 Å². The van der Waals surface area contributed by atoms with Crippen molar-refractivity contribution in [2.24, 2.45) is 0 Å². The first-order valence-electron chi connectivity index (χ1n) is 4.88. The van der Waals surface area contributed by atoms with Crippen molar-refractivity contribution in [2.45, 2.75) is 0 Å². The standard InChI is InChI=1S/C12H5F5O2/c13-8-7(5-3-4(18)1-2-6(5)19)9(14)11(16)12(17)10(8)15/h1-3,18-19H. The maximum absolute atomic E-state index is 13.5. The van der Waals surface area contributed by atoms with Crippen LogP contribution in [0.2, 0.25) is 0 Å². The van der Waals surface area contributed by atoms with E-state index in [-0.39, 0.29) is 0 Å². The Kier molecular flexibility index (Phi) is 3.05. The molecule has 2 nitrogen and oxygen atoms in total. The lowest BCUT2D eigenvalue weighted by molar-refractivity contribution is 0.380. The Morgan fingerprint density at radius 1 is 0.684 bits per heavy atom. The fourth-order valence-electron chi connectivity index (χ4n) is 1.57. The molecule has 19 heavy (non-hydrogen) atoms. The highest BCUT2D eigenvalue weighted by atomic mass is 19.2. The van der Waals surface area contributed by atoms with Gasteiger partial charge < -0.3 is 10.2 Å². The Morgan fingerprint density at radius 2 is 1.16 bits per heavy atom. The fourth-order valence-corrected chi connectivity index (χ4v) is 1.57. The summed E-state index contributed by atoms with van der Waals surface area (Å²) in [5, 5.41) is 18.6. The van der Waals surface area contributed by atoms with Gasteiger partial charge in [0.15, 0.2) is 23.3 Å². The molecule has 2 rings (SSSR count). The van der Waals surface area contributed by atoms with Crippen molar-refractivity contribution in [2.75, 3.05) is 0 Å². The first-order valence-corrected chi connectivity index (χ1v) is 4.88. The van der Waals surface area contributed by atoms with Gasteiger partial charge in [-0.1, -0.05) is 0 Å². The van der Waals surface area contributed by atoms with Crippen LogP contribution in [-0.2, 0) is 0 Å². The van der Waals surface area contributed by atoms with Crippen molar-refractivity contribution >= 4 is 0 Å². The van der Waals surface area contributed by atoms with E-state index in [2.05, 4.69) is 0 Å². The maximum Gasteiger partial charge on any atom is 0.200 e. The second kappa shape index (κ2) is 4.42. The molecule has 2 N–H and O–H groups in total. The van der Waals surface area contributed by atoms with Gasteiger partial charge in [-0.15, -0.1) is 0 Å². The highest BCUT2D eigenvalue weighted by Gasteiger charge is 2.28. The molecule has 0 aliphatic heterocycles. The highest BCUT2D eigenvalue weighted by Crippen LogP contribution is 2.37. The van der Waals surface area contributed by atoms with E-state index in [0.29, 0.717) is 6.07 Å². The van der Waals surface area contributed by atoms with Gasteiger partial charge in [0.1, 0.15) is 11.5 Å². The molecule has 2 aromatic rings. The molecule has 0 heterocycles. The van der Waals surface area contributed by atoms with E-state index in [0.717, 1.165) is 12.1 Å². The number of phenols is 2. The van der Waals surface area contributed by atoms with Crippen LogP contribution in [0.3, 0.4) is 0 Å². The van der Waals surface area contributed by atoms with E-state index in [9.17, 15) is 27.1 Å². The second-order valence-corrected chi connectivity index (χ2v) is 3.65. The van der Waals surface area contributed by atoms with E-state index in [1.165, 1.54) is 0 Å². The molecule has 7 heteroatoms. The van der Waals surface area contributed by atoms with Crippen molar-refractivity contribution in [1.82, 2.24) is 0 Å². The van der Waals surface area contributed by atoms with E-state index < -0.39 is 51.7 Å². The summed E-state index contributed by atoms with van der Waals surface area (Å²) in [4.78, 5) is 0. The van der Waals surface area contributed by atoms with Gasteiger partial charge in [0, 0.05) is 5.56 Å². The average Bonchev–Trinajstić information content (AvgIpc) is 2.38.